The lowest BCUT2D eigenvalue weighted by Crippen LogP contribution is -2.55. The molecule has 0 saturated heterocycles. The molecule has 0 aromatic heterocycles. The number of esters is 1. The second kappa shape index (κ2) is 13.4. The van der Waals surface area contributed by atoms with Gasteiger partial charge in [0.2, 0.25) is 11.8 Å². The fourth-order valence-corrected chi connectivity index (χ4v) is 4.35. The Bertz CT molecular complexity index is 1060. The Morgan fingerprint density at radius 3 is 1.65 bits per heavy atom. The van der Waals surface area contributed by atoms with Crippen LogP contribution in [-0.4, -0.2) is 44.0 Å². The predicted molar refractivity (Wildman–Crippen MR) is 144 cm³/mol. The van der Waals surface area contributed by atoms with E-state index in [2.05, 4.69) is 20.7 Å². The SMILES string of the molecule is CCC(C)C(NC(=O)CNC(c1ccccc1)(c1ccccc1)c1ccccc1)C(=O)NCC(=O)OC. The van der Waals surface area contributed by atoms with Gasteiger partial charge in [0.25, 0.3) is 0 Å². The molecule has 7 nitrogen and oxygen atoms in total. The van der Waals surface area contributed by atoms with Crippen molar-refractivity contribution in [2.75, 3.05) is 20.2 Å². The number of rotatable bonds is 12. The van der Waals surface area contributed by atoms with Crippen LogP contribution in [0.2, 0.25) is 0 Å². The Morgan fingerprint density at radius 2 is 1.24 bits per heavy atom. The Morgan fingerprint density at radius 1 is 0.784 bits per heavy atom. The van der Waals surface area contributed by atoms with Crippen LogP contribution < -0.4 is 16.0 Å². The molecule has 3 aromatic rings. The molecule has 0 aliphatic heterocycles. The molecule has 0 heterocycles. The van der Waals surface area contributed by atoms with Gasteiger partial charge in [-0.25, -0.2) is 0 Å². The normalized spacial score (nSPS) is 12.7. The van der Waals surface area contributed by atoms with Crippen LogP contribution in [0.25, 0.3) is 0 Å². The highest BCUT2D eigenvalue weighted by atomic mass is 16.5. The first-order valence-corrected chi connectivity index (χ1v) is 12.5. The monoisotopic (exact) mass is 501 g/mol. The number of benzene rings is 3. The molecule has 0 spiro atoms. The zero-order valence-electron chi connectivity index (χ0n) is 21.6. The average Bonchev–Trinajstić information content (AvgIpc) is 2.96. The highest BCUT2D eigenvalue weighted by Gasteiger charge is 2.36. The molecule has 2 unspecified atom stereocenters. The van der Waals surface area contributed by atoms with Crippen molar-refractivity contribution < 1.29 is 19.1 Å². The molecule has 0 radical (unpaired) electrons. The molecule has 194 valence electrons. The minimum absolute atomic E-state index is 0.0457. The minimum atomic E-state index is -0.805. The fraction of sp³-hybridized carbons (Fsp3) is 0.300. The van der Waals surface area contributed by atoms with Crippen LogP contribution in [0.15, 0.2) is 91.0 Å². The van der Waals surface area contributed by atoms with Gasteiger partial charge >= 0.3 is 5.97 Å². The number of ether oxygens (including phenoxy) is 1. The van der Waals surface area contributed by atoms with Crippen LogP contribution in [0.1, 0.15) is 37.0 Å². The molecule has 0 aliphatic rings. The summed E-state index contributed by atoms with van der Waals surface area (Å²) in [6, 6.07) is 29.1. The summed E-state index contributed by atoms with van der Waals surface area (Å²) in [4.78, 5) is 37.6. The van der Waals surface area contributed by atoms with Crippen molar-refractivity contribution in [2.45, 2.75) is 31.8 Å². The molecule has 3 N–H and O–H groups in total. The van der Waals surface area contributed by atoms with E-state index in [-0.39, 0.29) is 24.9 Å². The van der Waals surface area contributed by atoms with Crippen LogP contribution in [0.3, 0.4) is 0 Å². The van der Waals surface area contributed by atoms with Crippen molar-refractivity contribution in [1.29, 1.82) is 0 Å². The molecule has 2 amide bonds. The van der Waals surface area contributed by atoms with E-state index in [1.165, 1.54) is 7.11 Å². The second-order valence-corrected chi connectivity index (χ2v) is 8.93. The summed E-state index contributed by atoms with van der Waals surface area (Å²) in [6.07, 6.45) is 0.673. The molecule has 3 rings (SSSR count). The number of hydrogen-bond acceptors (Lipinski definition) is 5. The van der Waals surface area contributed by atoms with E-state index in [1.807, 2.05) is 105 Å². The quantitative estimate of drug-likeness (QED) is 0.261. The van der Waals surface area contributed by atoms with Gasteiger partial charge < -0.3 is 15.4 Å². The third kappa shape index (κ3) is 6.83. The van der Waals surface area contributed by atoms with Crippen LogP contribution >= 0.6 is 0 Å². The van der Waals surface area contributed by atoms with E-state index in [0.717, 1.165) is 16.7 Å². The van der Waals surface area contributed by atoms with E-state index in [1.54, 1.807) is 0 Å². The average molecular weight is 502 g/mol. The maximum absolute atomic E-state index is 13.3. The van der Waals surface area contributed by atoms with Gasteiger partial charge in [-0.05, 0) is 22.6 Å². The van der Waals surface area contributed by atoms with Gasteiger partial charge in [-0.3, -0.25) is 19.7 Å². The smallest absolute Gasteiger partial charge is 0.325 e. The Labute approximate surface area is 218 Å². The zero-order valence-corrected chi connectivity index (χ0v) is 21.6. The maximum atomic E-state index is 13.3. The first kappa shape index (κ1) is 27.6. The second-order valence-electron chi connectivity index (χ2n) is 8.93. The zero-order chi connectivity index (χ0) is 26.7. The van der Waals surface area contributed by atoms with E-state index in [4.69, 9.17) is 0 Å². The van der Waals surface area contributed by atoms with Gasteiger partial charge in [-0.2, -0.15) is 0 Å². The molecule has 0 aliphatic carbocycles. The van der Waals surface area contributed by atoms with Crippen molar-refractivity contribution in [3.8, 4) is 0 Å². The largest absolute Gasteiger partial charge is 0.468 e. The fourth-order valence-electron chi connectivity index (χ4n) is 4.35. The third-order valence-electron chi connectivity index (χ3n) is 6.58. The summed E-state index contributed by atoms with van der Waals surface area (Å²) >= 11 is 0. The molecular weight excluding hydrogens is 466 g/mol. The van der Waals surface area contributed by atoms with Crippen molar-refractivity contribution >= 4 is 17.8 Å². The molecule has 0 bridgehead atoms. The topological polar surface area (TPSA) is 96.5 Å². The summed E-state index contributed by atoms with van der Waals surface area (Å²) in [7, 11) is 1.26. The number of carbonyl (C=O) groups is 3. The minimum Gasteiger partial charge on any atom is -0.468 e. The van der Waals surface area contributed by atoms with Crippen molar-refractivity contribution in [3.63, 3.8) is 0 Å². The Kier molecular flexibility index (Phi) is 9.98. The van der Waals surface area contributed by atoms with Gasteiger partial charge in [0, 0.05) is 0 Å². The lowest BCUT2D eigenvalue weighted by atomic mass is 9.77. The summed E-state index contributed by atoms with van der Waals surface area (Å²) in [5.74, 6) is -1.44. The number of methoxy groups -OCH3 is 1. The summed E-state index contributed by atoms with van der Waals surface area (Å²) < 4.78 is 4.60. The van der Waals surface area contributed by atoms with E-state index < -0.39 is 23.5 Å². The van der Waals surface area contributed by atoms with Crippen LogP contribution in [0, 0.1) is 5.92 Å². The van der Waals surface area contributed by atoms with Gasteiger partial charge in [0.15, 0.2) is 0 Å². The van der Waals surface area contributed by atoms with Gasteiger partial charge in [-0.1, -0.05) is 111 Å². The van der Waals surface area contributed by atoms with Crippen molar-refractivity contribution in [3.05, 3.63) is 108 Å². The maximum Gasteiger partial charge on any atom is 0.325 e. The van der Waals surface area contributed by atoms with Crippen molar-refractivity contribution in [2.24, 2.45) is 5.92 Å². The Hall–Kier alpha value is -3.97. The molecule has 7 heteroatoms. The molecule has 37 heavy (non-hydrogen) atoms. The molecule has 3 aromatic carbocycles. The van der Waals surface area contributed by atoms with Crippen LogP contribution in [-0.2, 0) is 24.7 Å². The van der Waals surface area contributed by atoms with E-state index in [9.17, 15) is 14.4 Å². The highest BCUT2D eigenvalue weighted by molar-refractivity contribution is 5.90. The van der Waals surface area contributed by atoms with Gasteiger partial charge in [-0.15, -0.1) is 0 Å². The molecule has 2 atom stereocenters. The molecule has 0 saturated carbocycles. The predicted octanol–water partition coefficient (Wildman–Crippen LogP) is 3.39. The number of nitrogens with one attached hydrogen (secondary N) is 3. The van der Waals surface area contributed by atoms with Crippen LogP contribution in [0.5, 0.6) is 0 Å². The molecular formula is C30H35N3O4. The summed E-state index contributed by atoms with van der Waals surface area (Å²) in [5, 5.41) is 8.95. The van der Waals surface area contributed by atoms with Gasteiger partial charge in [0.1, 0.15) is 12.6 Å². The van der Waals surface area contributed by atoms with Crippen molar-refractivity contribution in [1.82, 2.24) is 16.0 Å². The summed E-state index contributed by atoms with van der Waals surface area (Å²) in [5.41, 5.74) is 2.14. The van der Waals surface area contributed by atoms with Gasteiger partial charge in [0.05, 0.1) is 19.2 Å². The first-order valence-electron chi connectivity index (χ1n) is 12.5. The lowest BCUT2D eigenvalue weighted by molar-refractivity contribution is -0.141. The standard InChI is InChI=1S/C30H35N3O4/c1-4-22(2)28(29(36)31-21-27(35)37-3)33-26(34)20-32-30(23-14-8-5-9-15-23,24-16-10-6-11-17-24)25-18-12-7-13-19-25/h5-19,22,28,32H,4,20-21H2,1-3H3,(H,31,36)(H,33,34). The number of carbonyl (C=O) groups excluding carboxylic acids is 3. The lowest BCUT2D eigenvalue weighted by Gasteiger charge is -2.37. The highest BCUT2D eigenvalue weighted by Crippen LogP contribution is 2.36. The third-order valence-corrected chi connectivity index (χ3v) is 6.58. The molecule has 0 fully saturated rings. The van der Waals surface area contributed by atoms with E-state index >= 15 is 0 Å². The first-order chi connectivity index (χ1) is 17.9. The Balaban J connectivity index is 1.90. The number of amides is 2. The van der Waals surface area contributed by atoms with E-state index in [0.29, 0.717) is 6.42 Å². The van der Waals surface area contributed by atoms with Crippen LogP contribution in [0.4, 0.5) is 0 Å². The number of hydrogen-bond donors (Lipinski definition) is 3. The summed E-state index contributed by atoms with van der Waals surface area (Å²) in [6.45, 7) is 3.53.